The zero-order chi connectivity index (χ0) is 17.2. The largest absolute Gasteiger partial charge is 0.481 e. The Morgan fingerprint density at radius 2 is 1.30 bits per heavy atom. The van der Waals surface area contributed by atoms with Gasteiger partial charge in [-0.2, -0.15) is 0 Å². The molecule has 0 radical (unpaired) electrons. The van der Waals surface area contributed by atoms with Crippen molar-refractivity contribution in [3.63, 3.8) is 0 Å². The summed E-state index contributed by atoms with van der Waals surface area (Å²) in [5.41, 5.74) is 0. The molecule has 23 heavy (non-hydrogen) atoms. The van der Waals surface area contributed by atoms with Gasteiger partial charge in [0.15, 0.2) is 0 Å². The Kier molecular flexibility index (Phi) is 17.0. The highest BCUT2D eigenvalue weighted by Gasteiger charge is 1.97. The third kappa shape index (κ3) is 19.2. The number of hydrogen-bond acceptors (Lipinski definition) is 1. The first kappa shape index (κ1) is 22.2. The van der Waals surface area contributed by atoms with Gasteiger partial charge < -0.3 is 5.11 Å². The average Bonchev–Trinajstić information content (AvgIpc) is 2.53. The normalized spacial score (nSPS) is 12.8. The van der Waals surface area contributed by atoms with Crippen LogP contribution >= 0.6 is 0 Å². The molecule has 0 rings (SSSR count). The van der Waals surface area contributed by atoms with Gasteiger partial charge in [-0.3, -0.25) is 4.79 Å². The second kappa shape index (κ2) is 17.6. The zero-order valence-corrected chi connectivity index (χ0v) is 15.7. The minimum absolute atomic E-state index is 0.340. The lowest BCUT2D eigenvalue weighted by atomic mass is 10.0. The molecule has 1 unspecified atom stereocenters. The summed E-state index contributed by atoms with van der Waals surface area (Å²) < 4.78 is 0. The topological polar surface area (TPSA) is 37.3 Å². The summed E-state index contributed by atoms with van der Waals surface area (Å²) in [5.74, 6) is 0.180. The van der Waals surface area contributed by atoms with Crippen molar-refractivity contribution in [2.75, 3.05) is 0 Å². The lowest BCUT2D eigenvalue weighted by Crippen LogP contribution is -1.93. The lowest BCUT2D eigenvalue weighted by Gasteiger charge is -2.03. The van der Waals surface area contributed by atoms with Crippen LogP contribution in [0.5, 0.6) is 0 Å². The van der Waals surface area contributed by atoms with Gasteiger partial charge in [-0.25, -0.2) is 0 Å². The Morgan fingerprint density at radius 1 is 0.826 bits per heavy atom. The molecule has 2 nitrogen and oxygen atoms in total. The fourth-order valence-electron chi connectivity index (χ4n) is 2.74. The number of carbonyl (C=O) groups is 1. The third-order valence-corrected chi connectivity index (χ3v) is 4.66. The Balaban J connectivity index is 3.09. The first-order chi connectivity index (χ1) is 11.2. The van der Waals surface area contributed by atoms with Gasteiger partial charge in [0, 0.05) is 6.42 Å². The molecule has 0 aromatic rings. The smallest absolute Gasteiger partial charge is 0.303 e. The summed E-state index contributed by atoms with van der Waals surface area (Å²) in [7, 11) is 0. The Labute approximate surface area is 144 Å². The molecule has 0 saturated carbocycles. The molecule has 0 spiro atoms. The molecule has 0 amide bonds. The molecule has 0 aliphatic carbocycles. The van der Waals surface area contributed by atoms with Gasteiger partial charge in [-0.1, -0.05) is 90.2 Å². The maximum Gasteiger partial charge on any atom is 0.303 e. The van der Waals surface area contributed by atoms with Crippen molar-refractivity contribution in [3.8, 4) is 0 Å². The van der Waals surface area contributed by atoms with Crippen LogP contribution in [0.15, 0.2) is 12.2 Å². The Hall–Kier alpha value is -0.790. The Bertz CT molecular complexity index is 284. The standard InChI is InChI=1S/C21H40O2/c1-3-20(2)18-16-14-12-10-8-6-4-5-7-9-11-13-15-17-19-21(22)23/h14,16,20H,3-13,15,17-19H2,1-2H3,(H,22,23)/b16-14+. The molecule has 0 aromatic carbocycles. The van der Waals surface area contributed by atoms with Crippen molar-refractivity contribution >= 4 is 5.97 Å². The summed E-state index contributed by atoms with van der Waals surface area (Å²) in [6, 6.07) is 0. The average molecular weight is 325 g/mol. The molecule has 136 valence electrons. The summed E-state index contributed by atoms with van der Waals surface area (Å²) in [4.78, 5) is 10.4. The van der Waals surface area contributed by atoms with Crippen LogP contribution in [0.2, 0.25) is 0 Å². The van der Waals surface area contributed by atoms with E-state index in [-0.39, 0.29) is 0 Å². The van der Waals surface area contributed by atoms with E-state index in [9.17, 15) is 4.79 Å². The monoisotopic (exact) mass is 324 g/mol. The van der Waals surface area contributed by atoms with Gasteiger partial charge >= 0.3 is 5.97 Å². The van der Waals surface area contributed by atoms with E-state index in [0.717, 1.165) is 18.8 Å². The second-order valence-electron chi connectivity index (χ2n) is 7.04. The van der Waals surface area contributed by atoms with Crippen LogP contribution in [0, 0.1) is 5.92 Å². The molecule has 1 atom stereocenters. The summed E-state index contributed by atoms with van der Waals surface area (Å²) in [6.07, 6.45) is 22.8. The summed E-state index contributed by atoms with van der Waals surface area (Å²) in [6.45, 7) is 4.58. The van der Waals surface area contributed by atoms with Crippen molar-refractivity contribution in [2.24, 2.45) is 5.92 Å². The zero-order valence-electron chi connectivity index (χ0n) is 15.7. The highest BCUT2D eigenvalue weighted by atomic mass is 16.4. The predicted octanol–water partition coefficient (Wildman–Crippen LogP) is 7.13. The molecule has 0 heterocycles. The minimum atomic E-state index is -0.656. The van der Waals surface area contributed by atoms with Crippen molar-refractivity contribution in [3.05, 3.63) is 12.2 Å². The van der Waals surface area contributed by atoms with E-state index in [1.54, 1.807) is 0 Å². The molecule has 0 saturated heterocycles. The van der Waals surface area contributed by atoms with E-state index in [1.807, 2.05) is 0 Å². The third-order valence-electron chi connectivity index (χ3n) is 4.66. The highest BCUT2D eigenvalue weighted by molar-refractivity contribution is 5.66. The molecular weight excluding hydrogens is 284 g/mol. The van der Waals surface area contributed by atoms with Crippen molar-refractivity contribution in [1.82, 2.24) is 0 Å². The number of aliphatic carboxylic acids is 1. The SMILES string of the molecule is CCC(C)C/C=C/CCCCCCCCCCCCCC(=O)O. The first-order valence-corrected chi connectivity index (χ1v) is 10.0. The van der Waals surface area contributed by atoms with Gasteiger partial charge in [-0.15, -0.1) is 0 Å². The van der Waals surface area contributed by atoms with Crippen LogP contribution in [-0.4, -0.2) is 11.1 Å². The fraction of sp³-hybridized carbons (Fsp3) is 0.857. The summed E-state index contributed by atoms with van der Waals surface area (Å²) in [5, 5.41) is 8.55. The van der Waals surface area contributed by atoms with Crippen LogP contribution in [0.4, 0.5) is 0 Å². The van der Waals surface area contributed by atoms with E-state index < -0.39 is 5.97 Å². The maximum atomic E-state index is 10.4. The van der Waals surface area contributed by atoms with E-state index in [1.165, 1.54) is 77.0 Å². The number of carboxylic acids is 1. The number of unbranched alkanes of at least 4 members (excludes halogenated alkanes) is 11. The van der Waals surface area contributed by atoms with Gasteiger partial charge in [0.1, 0.15) is 0 Å². The molecule has 0 aromatic heterocycles. The van der Waals surface area contributed by atoms with E-state index in [4.69, 9.17) is 5.11 Å². The van der Waals surface area contributed by atoms with Crippen LogP contribution in [0.3, 0.4) is 0 Å². The van der Waals surface area contributed by atoms with Crippen LogP contribution < -0.4 is 0 Å². The fourth-order valence-corrected chi connectivity index (χ4v) is 2.74. The predicted molar refractivity (Wildman–Crippen MR) is 101 cm³/mol. The van der Waals surface area contributed by atoms with Gasteiger partial charge in [0.05, 0.1) is 0 Å². The quantitative estimate of drug-likeness (QED) is 0.228. The first-order valence-electron chi connectivity index (χ1n) is 10.0. The van der Waals surface area contributed by atoms with Crippen molar-refractivity contribution < 1.29 is 9.90 Å². The number of allylic oxidation sites excluding steroid dienone is 2. The van der Waals surface area contributed by atoms with Crippen molar-refractivity contribution in [2.45, 2.75) is 110 Å². The van der Waals surface area contributed by atoms with Gasteiger partial charge in [0.2, 0.25) is 0 Å². The maximum absolute atomic E-state index is 10.4. The van der Waals surface area contributed by atoms with E-state index >= 15 is 0 Å². The molecule has 0 aliphatic rings. The molecule has 0 fully saturated rings. The number of hydrogen-bond donors (Lipinski definition) is 1. The van der Waals surface area contributed by atoms with Gasteiger partial charge in [-0.05, 0) is 31.6 Å². The van der Waals surface area contributed by atoms with Gasteiger partial charge in [0.25, 0.3) is 0 Å². The minimum Gasteiger partial charge on any atom is -0.481 e. The molecule has 0 bridgehead atoms. The van der Waals surface area contributed by atoms with E-state index in [0.29, 0.717) is 6.42 Å². The summed E-state index contributed by atoms with van der Waals surface area (Å²) >= 11 is 0. The lowest BCUT2D eigenvalue weighted by molar-refractivity contribution is -0.137. The number of rotatable bonds is 17. The van der Waals surface area contributed by atoms with Crippen molar-refractivity contribution in [1.29, 1.82) is 0 Å². The molecule has 0 aliphatic heterocycles. The molecule has 2 heteroatoms. The molecule has 1 N–H and O–H groups in total. The highest BCUT2D eigenvalue weighted by Crippen LogP contribution is 2.13. The number of carboxylic acid groups (broad SMARTS) is 1. The van der Waals surface area contributed by atoms with Crippen LogP contribution in [0.25, 0.3) is 0 Å². The second-order valence-corrected chi connectivity index (χ2v) is 7.04. The van der Waals surface area contributed by atoms with Crippen LogP contribution in [0.1, 0.15) is 110 Å². The van der Waals surface area contributed by atoms with E-state index in [2.05, 4.69) is 26.0 Å². The van der Waals surface area contributed by atoms with Crippen LogP contribution in [-0.2, 0) is 4.79 Å². The Morgan fingerprint density at radius 3 is 1.78 bits per heavy atom. The molecular formula is C21H40O2.